The first kappa shape index (κ1) is 17.4. The Hall–Kier alpha value is -0.660. The number of hydrogen-bond donors (Lipinski definition) is 1. The van der Waals surface area contributed by atoms with Crippen molar-refractivity contribution in [3.8, 4) is 0 Å². The third-order valence-corrected chi connectivity index (χ3v) is 3.81. The first-order valence-corrected chi connectivity index (χ1v) is 8.89. The van der Waals surface area contributed by atoms with Crippen molar-refractivity contribution in [1.29, 1.82) is 0 Å². The van der Waals surface area contributed by atoms with E-state index < -0.39 is 16.1 Å². The quantitative estimate of drug-likeness (QED) is 0.806. The Morgan fingerprint density at radius 1 is 1.30 bits per heavy atom. The van der Waals surface area contributed by atoms with Gasteiger partial charge in [-0.25, -0.2) is 13.1 Å². The number of ether oxygens (including phenoxy) is 1. The summed E-state index contributed by atoms with van der Waals surface area (Å²) in [4.78, 5) is 14.2. The summed E-state index contributed by atoms with van der Waals surface area (Å²) in [5.74, 6) is 0.0696. The van der Waals surface area contributed by atoms with Crippen molar-refractivity contribution >= 4 is 15.9 Å². The van der Waals surface area contributed by atoms with Crippen LogP contribution in [-0.2, 0) is 19.6 Å². The van der Waals surface area contributed by atoms with E-state index >= 15 is 0 Å². The molecule has 0 aromatic rings. The van der Waals surface area contributed by atoms with Gasteiger partial charge in [-0.2, -0.15) is 0 Å². The SMILES string of the molecule is CC(C)CC(NS(C)(=O)=O)C(=O)N1CC(C)OC(C)C1. The highest BCUT2D eigenvalue weighted by Gasteiger charge is 2.32. The van der Waals surface area contributed by atoms with Crippen LogP contribution in [0.1, 0.15) is 34.1 Å². The maximum Gasteiger partial charge on any atom is 0.240 e. The highest BCUT2D eigenvalue weighted by molar-refractivity contribution is 7.88. The minimum Gasteiger partial charge on any atom is -0.372 e. The Kier molecular flexibility index (Phi) is 5.97. The van der Waals surface area contributed by atoms with Crippen LogP contribution in [0.5, 0.6) is 0 Å². The maximum absolute atomic E-state index is 12.5. The van der Waals surface area contributed by atoms with Crippen molar-refractivity contribution in [1.82, 2.24) is 9.62 Å². The molecule has 1 aliphatic rings. The minimum atomic E-state index is -3.41. The van der Waals surface area contributed by atoms with E-state index in [0.29, 0.717) is 19.5 Å². The van der Waals surface area contributed by atoms with E-state index in [1.165, 1.54) is 0 Å². The van der Waals surface area contributed by atoms with Crippen LogP contribution in [0, 0.1) is 5.92 Å². The summed E-state index contributed by atoms with van der Waals surface area (Å²) in [6.45, 7) is 8.77. The molecule has 0 spiro atoms. The fourth-order valence-electron chi connectivity index (χ4n) is 2.51. The number of amides is 1. The van der Waals surface area contributed by atoms with Gasteiger partial charge in [-0.1, -0.05) is 13.8 Å². The van der Waals surface area contributed by atoms with Crippen LogP contribution in [0.3, 0.4) is 0 Å². The summed E-state index contributed by atoms with van der Waals surface area (Å²) < 4.78 is 30.9. The number of morpholine rings is 1. The van der Waals surface area contributed by atoms with Crippen LogP contribution in [-0.4, -0.2) is 56.8 Å². The smallest absolute Gasteiger partial charge is 0.240 e. The monoisotopic (exact) mass is 306 g/mol. The van der Waals surface area contributed by atoms with Crippen molar-refractivity contribution < 1.29 is 17.9 Å². The van der Waals surface area contributed by atoms with Gasteiger partial charge >= 0.3 is 0 Å². The van der Waals surface area contributed by atoms with Crippen molar-refractivity contribution in [2.75, 3.05) is 19.3 Å². The summed E-state index contributed by atoms with van der Waals surface area (Å²) >= 11 is 0. The molecule has 20 heavy (non-hydrogen) atoms. The van der Waals surface area contributed by atoms with Gasteiger partial charge in [0, 0.05) is 13.1 Å². The lowest BCUT2D eigenvalue weighted by Crippen LogP contribution is -2.55. The fraction of sp³-hybridized carbons (Fsp3) is 0.923. The predicted octanol–water partition coefficient (Wildman–Crippen LogP) is 0.586. The van der Waals surface area contributed by atoms with E-state index in [4.69, 9.17) is 4.74 Å². The van der Waals surface area contributed by atoms with E-state index in [2.05, 4.69) is 4.72 Å². The van der Waals surface area contributed by atoms with Gasteiger partial charge < -0.3 is 9.64 Å². The first-order chi connectivity index (χ1) is 9.08. The zero-order valence-electron chi connectivity index (χ0n) is 12.9. The third-order valence-electron chi connectivity index (χ3n) is 3.09. The molecule has 1 heterocycles. The molecule has 3 unspecified atom stereocenters. The summed E-state index contributed by atoms with van der Waals surface area (Å²) in [6, 6.07) is -0.692. The Bertz CT molecular complexity index is 426. The maximum atomic E-state index is 12.5. The van der Waals surface area contributed by atoms with E-state index in [0.717, 1.165) is 6.26 Å². The largest absolute Gasteiger partial charge is 0.372 e. The first-order valence-electron chi connectivity index (χ1n) is 7.00. The second-order valence-corrected chi connectivity index (χ2v) is 7.85. The normalized spacial score (nSPS) is 25.8. The Labute approximate surface area is 121 Å². The molecule has 1 N–H and O–H groups in total. The van der Waals surface area contributed by atoms with Crippen molar-refractivity contribution in [2.45, 2.75) is 52.4 Å². The molecular formula is C13H26N2O4S. The molecule has 0 radical (unpaired) electrons. The number of carbonyl (C=O) groups excluding carboxylic acids is 1. The van der Waals surface area contributed by atoms with E-state index in [1.807, 2.05) is 27.7 Å². The molecule has 6 nitrogen and oxygen atoms in total. The average Bonchev–Trinajstić information content (AvgIpc) is 2.23. The van der Waals surface area contributed by atoms with Crippen LogP contribution in [0.15, 0.2) is 0 Å². The minimum absolute atomic E-state index is 0.0272. The van der Waals surface area contributed by atoms with Gasteiger partial charge in [-0.15, -0.1) is 0 Å². The topological polar surface area (TPSA) is 75.7 Å². The van der Waals surface area contributed by atoms with Crippen molar-refractivity contribution in [2.24, 2.45) is 5.92 Å². The highest BCUT2D eigenvalue weighted by Crippen LogP contribution is 2.15. The molecule has 1 saturated heterocycles. The van der Waals surface area contributed by atoms with Crippen molar-refractivity contribution in [3.05, 3.63) is 0 Å². The summed E-state index contributed by atoms with van der Waals surface area (Å²) in [7, 11) is -3.41. The van der Waals surface area contributed by atoms with Gasteiger partial charge in [0.25, 0.3) is 0 Å². The molecule has 0 saturated carbocycles. The number of nitrogens with one attached hydrogen (secondary N) is 1. The van der Waals surface area contributed by atoms with E-state index in [9.17, 15) is 13.2 Å². The lowest BCUT2D eigenvalue weighted by molar-refractivity contribution is -0.145. The summed E-state index contributed by atoms with van der Waals surface area (Å²) in [5.41, 5.74) is 0. The van der Waals surface area contributed by atoms with Gasteiger partial charge in [0.15, 0.2) is 0 Å². The number of rotatable bonds is 5. The van der Waals surface area contributed by atoms with Crippen LogP contribution in [0.4, 0.5) is 0 Å². The molecule has 118 valence electrons. The van der Waals surface area contributed by atoms with Crippen LogP contribution in [0.25, 0.3) is 0 Å². The number of nitrogens with zero attached hydrogens (tertiary/aromatic N) is 1. The van der Waals surface area contributed by atoms with Gasteiger partial charge in [0.2, 0.25) is 15.9 Å². The average molecular weight is 306 g/mol. The molecule has 1 amide bonds. The fourth-order valence-corrected chi connectivity index (χ4v) is 3.22. The lowest BCUT2D eigenvalue weighted by atomic mass is 10.0. The molecule has 7 heteroatoms. The van der Waals surface area contributed by atoms with Crippen LogP contribution >= 0.6 is 0 Å². The number of hydrogen-bond acceptors (Lipinski definition) is 4. The zero-order valence-corrected chi connectivity index (χ0v) is 13.7. The Balaban J connectivity index is 2.81. The van der Waals surface area contributed by atoms with E-state index in [-0.39, 0.29) is 24.0 Å². The Morgan fingerprint density at radius 3 is 2.20 bits per heavy atom. The molecule has 0 aromatic heterocycles. The highest BCUT2D eigenvalue weighted by atomic mass is 32.2. The standard InChI is InChI=1S/C13H26N2O4S/c1-9(2)6-12(14-20(5,17)18)13(16)15-7-10(3)19-11(4)8-15/h9-12,14H,6-8H2,1-5H3. The third kappa shape index (κ3) is 5.76. The van der Waals surface area contributed by atoms with Crippen molar-refractivity contribution in [3.63, 3.8) is 0 Å². The molecule has 1 rings (SSSR count). The molecule has 0 aliphatic carbocycles. The Morgan fingerprint density at radius 2 is 1.80 bits per heavy atom. The molecule has 0 aromatic carbocycles. The molecule has 1 aliphatic heterocycles. The predicted molar refractivity (Wildman–Crippen MR) is 77.8 cm³/mol. The van der Waals surface area contributed by atoms with Gasteiger partial charge in [0.05, 0.1) is 18.5 Å². The lowest BCUT2D eigenvalue weighted by Gasteiger charge is -2.37. The summed E-state index contributed by atoms with van der Waals surface area (Å²) in [6.07, 6.45) is 1.52. The summed E-state index contributed by atoms with van der Waals surface area (Å²) in [5, 5.41) is 0. The van der Waals surface area contributed by atoms with Gasteiger partial charge in [-0.05, 0) is 26.2 Å². The van der Waals surface area contributed by atoms with Crippen LogP contribution < -0.4 is 4.72 Å². The number of carbonyl (C=O) groups is 1. The molecule has 3 atom stereocenters. The zero-order chi connectivity index (χ0) is 15.5. The second kappa shape index (κ2) is 6.87. The van der Waals surface area contributed by atoms with Gasteiger partial charge in [0.1, 0.15) is 6.04 Å². The number of sulfonamides is 1. The second-order valence-electron chi connectivity index (χ2n) is 6.07. The van der Waals surface area contributed by atoms with Gasteiger partial charge in [-0.3, -0.25) is 4.79 Å². The van der Waals surface area contributed by atoms with Crippen LogP contribution in [0.2, 0.25) is 0 Å². The van der Waals surface area contributed by atoms with E-state index in [1.54, 1.807) is 4.90 Å². The molecular weight excluding hydrogens is 280 g/mol. The molecule has 1 fully saturated rings. The molecule has 0 bridgehead atoms.